The molecule has 1 aromatic heterocycles. The van der Waals surface area contributed by atoms with Gasteiger partial charge in [-0.2, -0.15) is 0 Å². The first-order chi connectivity index (χ1) is 17.2. The molecule has 39 heavy (non-hydrogen) atoms. The van der Waals surface area contributed by atoms with E-state index in [1.807, 2.05) is 32.0 Å². The minimum absolute atomic E-state index is 0. The van der Waals surface area contributed by atoms with Crippen LogP contribution in [0.25, 0.3) is 0 Å². The van der Waals surface area contributed by atoms with Crippen LogP contribution in [0, 0.1) is 27.7 Å². The molecule has 0 radical (unpaired) electrons. The number of pyridine rings is 1. The van der Waals surface area contributed by atoms with E-state index in [1.54, 1.807) is 0 Å². The largest absolute Gasteiger partial charge is 2.00 e. The summed E-state index contributed by atoms with van der Waals surface area (Å²) in [5.74, 6) is 0. The maximum absolute atomic E-state index is 9.13. The van der Waals surface area contributed by atoms with Gasteiger partial charge in [-0.25, -0.2) is 4.98 Å². The quantitative estimate of drug-likeness (QED) is 0.258. The Kier molecular flexibility index (Phi) is 16.7. The monoisotopic (exact) mass is 611 g/mol. The van der Waals surface area contributed by atoms with E-state index >= 15 is 0 Å². The molecule has 8 heteroatoms. The van der Waals surface area contributed by atoms with Gasteiger partial charge >= 0.3 is 17.1 Å². The number of benzene rings is 2. The van der Waals surface area contributed by atoms with Gasteiger partial charge in [0.2, 0.25) is 0 Å². The van der Waals surface area contributed by atoms with Crippen molar-refractivity contribution in [1.82, 2.24) is 4.98 Å². The molecule has 0 aliphatic heterocycles. The normalized spacial score (nSPS) is 11.4. The van der Waals surface area contributed by atoms with Crippen LogP contribution < -0.4 is 24.8 Å². The van der Waals surface area contributed by atoms with Crippen molar-refractivity contribution < 1.29 is 52.1 Å². The van der Waals surface area contributed by atoms with Gasteiger partial charge in [-0.1, -0.05) is 30.3 Å². The maximum Gasteiger partial charge on any atom is 2.00 e. The summed E-state index contributed by atoms with van der Waals surface area (Å²) in [6, 6.07) is 14.6. The van der Waals surface area contributed by atoms with Crippen molar-refractivity contribution in [2.45, 2.75) is 67.2 Å². The molecule has 0 saturated heterocycles. The molecule has 0 aliphatic carbocycles. The minimum Gasteiger partial charge on any atom is -1.00 e. The zero-order valence-electron chi connectivity index (χ0n) is 23.6. The molecular formula is C31H39Cl2FeN3O2. The zero-order valence-corrected chi connectivity index (χ0v) is 26.2. The Labute approximate surface area is 256 Å². The van der Waals surface area contributed by atoms with Gasteiger partial charge in [0.05, 0.1) is 34.2 Å². The first-order valence-corrected chi connectivity index (χ1v) is 12.7. The van der Waals surface area contributed by atoms with E-state index in [1.165, 1.54) is 11.1 Å². The van der Waals surface area contributed by atoms with Crippen LogP contribution in [0.3, 0.4) is 0 Å². The van der Waals surface area contributed by atoms with Crippen LogP contribution in [0.15, 0.2) is 52.4 Å². The number of rotatable bonds is 10. The van der Waals surface area contributed by atoms with Gasteiger partial charge in [-0.3, -0.25) is 9.98 Å². The molecule has 2 aromatic carbocycles. The van der Waals surface area contributed by atoms with Gasteiger partial charge in [0.25, 0.3) is 0 Å². The standard InChI is InChI=1S/C31H39N3O2.2ClH.Fe/c1-20-16-26(10-8-14-35)17-21(2)30(20)32-24(5)28-12-7-13-29(34-28)25(6)33-31-22(3)18-27(11-9-15-36)19-23(31)4;;;/h7,12-13,16-19,35-36H,8-11,14-15H2,1-6H3;2*1H;/q;;;+2/p-2. The molecule has 5 nitrogen and oxygen atoms in total. The Balaban J connectivity index is 0.00000481. The third kappa shape index (κ3) is 10.1. The molecule has 0 aliphatic rings. The Morgan fingerprint density at radius 2 is 1.00 bits per heavy atom. The fourth-order valence-electron chi connectivity index (χ4n) is 4.59. The number of nitrogens with zero attached hydrogens (tertiary/aromatic N) is 3. The summed E-state index contributed by atoms with van der Waals surface area (Å²) < 4.78 is 0. The van der Waals surface area contributed by atoms with E-state index in [9.17, 15) is 0 Å². The van der Waals surface area contributed by atoms with Gasteiger partial charge in [-0.15, -0.1) is 0 Å². The van der Waals surface area contributed by atoms with Crippen LogP contribution in [-0.4, -0.2) is 39.8 Å². The fourth-order valence-corrected chi connectivity index (χ4v) is 4.59. The number of halogens is 2. The van der Waals surface area contributed by atoms with Crippen molar-refractivity contribution in [2.75, 3.05) is 13.2 Å². The Bertz CT molecular complexity index is 1150. The molecular weight excluding hydrogens is 573 g/mol. The summed E-state index contributed by atoms with van der Waals surface area (Å²) in [7, 11) is 0. The molecule has 3 rings (SSSR count). The molecule has 0 bridgehead atoms. The van der Waals surface area contributed by atoms with Crippen molar-refractivity contribution in [1.29, 1.82) is 0 Å². The smallest absolute Gasteiger partial charge is 1.00 e. The van der Waals surface area contributed by atoms with Crippen LogP contribution in [0.5, 0.6) is 0 Å². The molecule has 3 aromatic rings. The van der Waals surface area contributed by atoms with Gasteiger partial charge in [0.15, 0.2) is 0 Å². The van der Waals surface area contributed by atoms with Crippen molar-refractivity contribution >= 4 is 22.8 Å². The van der Waals surface area contributed by atoms with E-state index in [0.717, 1.165) is 82.1 Å². The number of aliphatic imine (C=N–C) groups is 2. The summed E-state index contributed by atoms with van der Waals surface area (Å²) in [4.78, 5) is 14.8. The summed E-state index contributed by atoms with van der Waals surface area (Å²) in [5.41, 5.74) is 12.3. The zero-order chi connectivity index (χ0) is 26.2. The molecule has 0 atom stereocenters. The van der Waals surface area contributed by atoms with Gasteiger partial charge < -0.3 is 35.0 Å². The molecule has 1 heterocycles. The van der Waals surface area contributed by atoms with E-state index in [-0.39, 0.29) is 55.1 Å². The second kappa shape index (κ2) is 17.6. The second-order valence-corrected chi connectivity index (χ2v) is 9.61. The molecule has 0 saturated carbocycles. The molecule has 2 N–H and O–H groups in total. The molecule has 0 amide bonds. The van der Waals surface area contributed by atoms with Gasteiger partial charge in [0, 0.05) is 13.2 Å². The molecule has 0 fully saturated rings. The van der Waals surface area contributed by atoms with Crippen LogP contribution in [-0.2, 0) is 29.9 Å². The van der Waals surface area contributed by atoms with Crippen LogP contribution >= 0.6 is 0 Å². The molecule has 212 valence electrons. The first kappa shape index (κ1) is 36.9. The predicted molar refractivity (Wildman–Crippen MR) is 151 cm³/mol. The van der Waals surface area contributed by atoms with Gasteiger partial charge in [-0.05, 0) is 113 Å². The maximum atomic E-state index is 9.13. The van der Waals surface area contributed by atoms with Crippen LogP contribution in [0.1, 0.15) is 71.5 Å². The molecule has 0 unspecified atom stereocenters. The summed E-state index contributed by atoms with van der Waals surface area (Å²) in [5, 5.41) is 18.3. The van der Waals surface area contributed by atoms with E-state index in [2.05, 4.69) is 52.0 Å². The summed E-state index contributed by atoms with van der Waals surface area (Å²) >= 11 is 0. The Morgan fingerprint density at radius 3 is 1.31 bits per heavy atom. The van der Waals surface area contributed by atoms with Gasteiger partial charge in [0.1, 0.15) is 0 Å². The van der Waals surface area contributed by atoms with Crippen molar-refractivity contribution in [2.24, 2.45) is 9.98 Å². The third-order valence-corrected chi connectivity index (χ3v) is 6.40. The van der Waals surface area contributed by atoms with E-state index in [4.69, 9.17) is 25.2 Å². The Morgan fingerprint density at radius 1 is 0.667 bits per heavy atom. The third-order valence-electron chi connectivity index (χ3n) is 6.40. The SMILES string of the molecule is CC(=Nc1c(C)cc(CCCO)cc1C)c1cccc(C(C)=Nc2c(C)cc(CCCO)cc2C)n1.[Cl-].[Cl-].[Fe+2]. The van der Waals surface area contributed by atoms with E-state index < -0.39 is 0 Å². The molecule has 0 spiro atoms. The fraction of sp³-hybridized carbons (Fsp3) is 0.387. The number of hydrogen-bond acceptors (Lipinski definition) is 5. The Hall–Kier alpha value is -2.05. The second-order valence-electron chi connectivity index (χ2n) is 9.61. The van der Waals surface area contributed by atoms with Crippen molar-refractivity contribution in [3.05, 3.63) is 87.2 Å². The predicted octanol–water partition coefficient (Wildman–Crippen LogP) is 0.452. The number of aliphatic hydroxyl groups excluding tert-OH is 2. The van der Waals surface area contributed by atoms with Crippen LogP contribution in [0.2, 0.25) is 0 Å². The van der Waals surface area contributed by atoms with Crippen LogP contribution in [0.4, 0.5) is 11.4 Å². The average molecular weight is 612 g/mol. The first-order valence-electron chi connectivity index (χ1n) is 12.7. The number of aromatic nitrogens is 1. The van der Waals surface area contributed by atoms with Crippen molar-refractivity contribution in [3.63, 3.8) is 0 Å². The van der Waals surface area contributed by atoms with Crippen molar-refractivity contribution in [3.8, 4) is 0 Å². The number of hydrogen-bond donors (Lipinski definition) is 2. The number of aliphatic hydroxyl groups is 2. The van der Waals surface area contributed by atoms with E-state index in [0.29, 0.717) is 0 Å². The average Bonchev–Trinajstić information content (AvgIpc) is 2.85. The number of aryl methyl sites for hydroxylation is 6. The topological polar surface area (TPSA) is 78.1 Å². The minimum atomic E-state index is 0. The summed E-state index contributed by atoms with van der Waals surface area (Å²) in [6.45, 7) is 12.7. The summed E-state index contributed by atoms with van der Waals surface area (Å²) in [6.07, 6.45) is 3.28.